The number of para-hydroxylation sites is 1. The van der Waals surface area contributed by atoms with Crippen molar-refractivity contribution in [2.24, 2.45) is 0 Å². The average molecular weight is 216 g/mol. The number of halogens is 3. The monoisotopic (exact) mass is 216 g/mol. The lowest BCUT2D eigenvalue weighted by Gasteiger charge is -2.11. The van der Waals surface area contributed by atoms with Crippen LogP contribution in [-0.4, -0.2) is 17.6 Å². The van der Waals surface area contributed by atoms with E-state index in [0.29, 0.717) is 6.08 Å². The Labute approximate surface area is 83.7 Å². The number of hydrogen-bond donors (Lipinski definition) is 1. The summed E-state index contributed by atoms with van der Waals surface area (Å²) in [5.74, 6) is -0.511. The molecule has 5 heteroatoms. The zero-order chi connectivity index (χ0) is 11.5. The summed E-state index contributed by atoms with van der Waals surface area (Å²) in [5, 5.41) is 9.21. The number of rotatable bonds is 2. The Morgan fingerprint density at radius 2 is 1.87 bits per heavy atom. The highest BCUT2D eigenvalue weighted by molar-refractivity contribution is 5.85. The van der Waals surface area contributed by atoms with Gasteiger partial charge in [-0.05, 0) is 12.1 Å². The maximum atomic E-state index is 12.4. The van der Waals surface area contributed by atoms with E-state index in [0.717, 1.165) is 12.1 Å². The molecule has 1 rings (SSSR count). The highest BCUT2D eigenvalue weighted by atomic mass is 19.4. The maximum Gasteiger partial charge on any atom is 0.417 e. The van der Waals surface area contributed by atoms with Crippen LogP contribution in [0, 0.1) is 0 Å². The molecule has 0 aliphatic carbocycles. The molecule has 1 N–H and O–H groups in total. The van der Waals surface area contributed by atoms with Crippen molar-refractivity contribution in [1.82, 2.24) is 0 Å². The van der Waals surface area contributed by atoms with E-state index in [2.05, 4.69) is 0 Å². The molecule has 0 radical (unpaired) electrons. The van der Waals surface area contributed by atoms with Gasteiger partial charge in [0.1, 0.15) is 12.0 Å². The molecule has 0 saturated heterocycles. The second kappa shape index (κ2) is 4.16. The van der Waals surface area contributed by atoms with Crippen LogP contribution >= 0.6 is 0 Å². The highest BCUT2D eigenvalue weighted by Gasteiger charge is 2.35. The zero-order valence-electron chi connectivity index (χ0n) is 7.45. The summed E-state index contributed by atoms with van der Waals surface area (Å²) in [5.41, 5.74) is -1.56. The highest BCUT2D eigenvalue weighted by Crippen LogP contribution is 2.37. The molecule has 2 nitrogen and oxygen atoms in total. The molecule has 0 aliphatic heterocycles. The van der Waals surface area contributed by atoms with Crippen molar-refractivity contribution in [1.29, 1.82) is 0 Å². The van der Waals surface area contributed by atoms with Crippen molar-refractivity contribution in [2.45, 2.75) is 6.18 Å². The normalized spacial score (nSPS) is 12.6. The Balaban J connectivity index is 3.29. The van der Waals surface area contributed by atoms with Gasteiger partial charge in [0.15, 0.2) is 0 Å². The lowest BCUT2D eigenvalue weighted by atomic mass is 10.0. The van der Waals surface area contributed by atoms with E-state index in [9.17, 15) is 23.1 Å². The summed E-state index contributed by atoms with van der Waals surface area (Å²) < 4.78 is 37.3. The van der Waals surface area contributed by atoms with Crippen LogP contribution in [0.2, 0.25) is 0 Å². The molecule has 15 heavy (non-hydrogen) atoms. The molecule has 1 aromatic rings. The Kier molecular flexibility index (Phi) is 3.14. The first kappa shape index (κ1) is 11.3. The SMILES string of the molecule is O=C/C=C(\c1ccccc1O)C(F)(F)F. The van der Waals surface area contributed by atoms with Gasteiger partial charge in [0, 0.05) is 5.56 Å². The summed E-state index contributed by atoms with van der Waals surface area (Å²) >= 11 is 0. The summed E-state index contributed by atoms with van der Waals surface area (Å²) in [7, 11) is 0. The van der Waals surface area contributed by atoms with E-state index < -0.39 is 23.1 Å². The fourth-order valence-corrected chi connectivity index (χ4v) is 1.11. The maximum absolute atomic E-state index is 12.4. The van der Waals surface area contributed by atoms with E-state index in [1.807, 2.05) is 0 Å². The van der Waals surface area contributed by atoms with Crippen molar-refractivity contribution in [2.75, 3.05) is 0 Å². The molecule has 0 aliphatic rings. The summed E-state index contributed by atoms with van der Waals surface area (Å²) in [6, 6.07) is 4.96. The largest absolute Gasteiger partial charge is 0.507 e. The first-order valence-electron chi connectivity index (χ1n) is 3.98. The van der Waals surface area contributed by atoms with Crippen LogP contribution < -0.4 is 0 Å². The first-order chi connectivity index (χ1) is 6.96. The Morgan fingerprint density at radius 3 is 2.33 bits per heavy atom. The van der Waals surface area contributed by atoms with Crippen LogP contribution in [0.1, 0.15) is 5.56 Å². The van der Waals surface area contributed by atoms with Gasteiger partial charge in [-0.1, -0.05) is 18.2 Å². The fourth-order valence-electron chi connectivity index (χ4n) is 1.11. The van der Waals surface area contributed by atoms with Crippen molar-refractivity contribution >= 4 is 11.9 Å². The van der Waals surface area contributed by atoms with Crippen molar-refractivity contribution < 1.29 is 23.1 Å². The molecule has 0 aromatic heterocycles. The standard InChI is InChI=1S/C10H7F3O2/c11-10(12,13)8(5-6-14)7-3-1-2-4-9(7)15/h1-6,15H/b8-5+. The number of hydrogen-bond acceptors (Lipinski definition) is 2. The topological polar surface area (TPSA) is 37.3 Å². The molecule has 0 spiro atoms. The van der Waals surface area contributed by atoms with Crippen molar-refractivity contribution in [3.05, 3.63) is 35.9 Å². The summed E-state index contributed by atoms with van der Waals surface area (Å²) in [4.78, 5) is 10.1. The molecule has 80 valence electrons. The second-order valence-corrected chi connectivity index (χ2v) is 2.73. The fraction of sp³-hybridized carbons (Fsp3) is 0.100. The predicted octanol–water partition coefficient (Wildman–Crippen LogP) is 2.54. The molecule has 0 bridgehead atoms. The number of carbonyl (C=O) groups excluding carboxylic acids is 1. The average Bonchev–Trinajstić information content (AvgIpc) is 2.14. The molecule has 0 unspecified atom stereocenters. The summed E-state index contributed by atoms with van der Waals surface area (Å²) in [6.07, 6.45) is -4.25. The third-order valence-electron chi connectivity index (χ3n) is 1.73. The molecular weight excluding hydrogens is 209 g/mol. The molecule has 0 fully saturated rings. The Hall–Kier alpha value is -1.78. The number of benzene rings is 1. The van der Waals surface area contributed by atoms with Gasteiger partial charge < -0.3 is 5.11 Å². The third-order valence-corrected chi connectivity index (χ3v) is 1.73. The van der Waals surface area contributed by atoms with Gasteiger partial charge in [-0.15, -0.1) is 0 Å². The van der Waals surface area contributed by atoms with Gasteiger partial charge in [-0.3, -0.25) is 4.79 Å². The molecule has 0 atom stereocenters. The van der Waals surface area contributed by atoms with Gasteiger partial charge in [0.05, 0.1) is 5.57 Å². The number of allylic oxidation sites excluding steroid dienone is 2. The van der Waals surface area contributed by atoms with Gasteiger partial charge in [-0.2, -0.15) is 13.2 Å². The zero-order valence-corrected chi connectivity index (χ0v) is 7.45. The first-order valence-corrected chi connectivity index (χ1v) is 3.98. The van der Waals surface area contributed by atoms with E-state index >= 15 is 0 Å². The van der Waals surface area contributed by atoms with Crippen LogP contribution in [-0.2, 0) is 4.79 Å². The number of phenolic OH excluding ortho intramolecular Hbond substituents is 1. The Morgan fingerprint density at radius 1 is 1.27 bits per heavy atom. The number of phenols is 1. The lowest BCUT2D eigenvalue weighted by Crippen LogP contribution is -2.11. The van der Waals surface area contributed by atoms with Gasteiger partial charge in [-0.25, -0.2) is 0 Å². The van der Waals surface area contributed by atoms with E-state index in [1.54, 1.807) is 0 Å². The number of alkyl halides is 3. The molecule has 1 aromatic carbocycles. The predicted molar refractivity (Wildman–Crippen MR) is 48.2 cm³/mol. The smallest absolute Gasteiger partial charge is 0.417 e. The number of aromatic hydroxyl groups is 1. The molecule has 0 saturated carbocycles. The third kappa shape index (κ3) is 2.59. The minimum Gasteiger partial charge on any atom is -0.507 e. The van der Waals surface area contributed by atoms with E-state index in [1.165, 1.54) is 12.1 Å². The molecular formula is C10H7F3O2. The van der Waals surface area contributed by atoms with E-state index in [-0.39, 0.29) is 6.29 Å². The van der Waals surface area contributed by atoms with Crippen molar-refractivity contribution in [3.8, 4) is 5.75 Å². The van der Waals surface area contributed by atoms with Gasteiger partial charge >= 0.3 is 6.18 Å². The summed E-state index contributed by atoms with van der Waals surface area (Å²) in [6.45, 7) is 0. The number of aldehydes is 1. The minimum absolute atomic E-state index is 0.0370. The minimum atomic E-state index is -4.67. The second-order valence-electron chi connectivity index (χ2n) is 2.73. The number of carbonyl (C=O) groups is 1. The van der Waals surface area contributed by atoms with E-state index in [4.69, 9.17) is 0 Å². The van der Waals surface area contributed by atoms with Gasteiger partial charge in [0.25, 0.3) is 0 Å². The molecule has 0 heterocycles. The van der Waals surface area contributed by atoms with Gasteiger partial charge in [0.2, 0.25) is 0 Å². The van der Waals surface area contributed by atoms with Crippen LogP contribution in [0.5, 0.6) is 5.75 Å². The lowest BCUT2D eigenvalue weighted by molar-refractivity contribution is -0.104. The quantitative estimate of drug-likeness (QED) is 0.609. The van der Waals surface area contributed by atoms with Crippen LogP contribution in [0.25, 0.3) is 5.57 Å². The van der Waals surface area contributed by atoms with Crippen LogP contribution in [0.4, 0.5) is 13.2 Å². The molecule has 0 amide bonds. The van der Waals surface area contributed by atoms with Crippen LogP contribution in [0.15, 0.2) is 30.3 Å². The van der Waals surface area contributed by atoms with Crippen molar-refractivity contribution in [3.63, 3.8) is 0 Å². The Bertz CT molecular complexity index is 394. The van der Waals surface area contributed by atoms with Crippen LogP contribution in [0.3, 0.4) is 0 Å².